The Morgan fingerprint density at radius 3 is 2.50 bits per heavy atom. The average Bonchev–Trinajstić information content (AvgIpc) is 2.05. The lowest BCUT2D eigenvalue weighted by atomic mass is 9.89. The fourth-order valence-corrected chi connectivity index (χ4v) is 0.704. The van der Waals surface area contributed by atoms with E-state index in [1.807, 2.05) is 20.8 Å². The molecule has 0 aliphatic heterocycles. The summed E-state index contributed by atoms with van der Waals surface area (Å²) in [6.07, 6.45) is 1.72. The Hall–Kier alpha value is -0.570. The monoisotopic (exact) mass is 172 g/mol. The van der Waals surface area contributed by atoms with Crippen LogP contribution in [0.25, 0.3) is 0 Å². The van der Waals surface area contributed by atoms with Crippen LogP contribution in [-0.4, -0.2) is 19.0 Å². The van der Waals surface area contributed by atoms with Crippen LogP contribution in [0.4, 0.5) is 0 Å². The molecule has 12 heavy (non-hydrogen) atoms. The molecule has 72 valence electrons. The van der Waals surface area contributed by atoms with Crippen LogP contribution in [0.5, 0.6) is 0 Å². The zero-order chi connectivity index (χ0) is 9.61. The van der Waals surface area contributed by atoms with E-state index >= 15 is 0 Å². The molecule has 0 aromatic rings. The van der Waals surface area contributed by atoms with Gasteiger partial charge in [0, 0.05) is 12.0 Å². The van der Waals surface area contributed by atoms with Crippen LogP contribution >= 0.6 is 0 Å². The summed E-state index contributed by atoms with van der Waals surface area (Å²) in [7, 11) is 0. The van der Waals surface area contributed by atoms with Gasteiger partial charge in [-0.1, -0.05) is 20.8 Å². The normalized spacial score (nSPS) is 11.3. The summed E-state index contributed by atoms with van der Waals surface area (Å²) in [4.78, 5) is 11.4. The summed E-state index contributed by atoms with van der Waals surface area (Å²) in [5.41, 5.74) is 5.06. The summed E-state index contributed by atoms with van der Waals surface area (Å²) in [5, 5.41) is 2.86. The molecule has 3 heteroatoms. The van der Waals surface area contributed by atoms with Crippen LogP contribution in [0.1, 0.15) is 33.6 Å². The largest absolute Gasteiger partial charge is 0.356 e. The van der Waals surface area contributed by atoms with E-state index in [-0.39, 0.29) is 11.3 Å². The highest BCUT2D eigenvalue weighted by Crippen LogP contribution is 2.18. The van der Waals surface area contributed by atoms with Crippen LogP contribution < -0.4 is 11.1 Å². The summed E-state index contributed by atoms with van der Waals surface area (Å²) in [5.74, 6) is 0.124. The number of amides is 1. The van der Waals surface area contributed by atoms with Crippen molar-refractivity contribution in [2.45, 2.75) is 33.6 Å². The SMILES string of the molecule is CCC(C)(C)C(=O)NCCCN. The third-order valence-corrected chi connectivity index (χ3v) is 2.17. The molecule has 0 radical (unpaired) electrons. The van der Waals surface area contributed by atoms with E-state index in [1.54, 1.807) is 0 Å². The Balaban J connectivity index is 3.72. The number of rotatable bonds is 5. The van der Waals surface area contributed by atoms with Crippen LogP contribution in [0, 0.1) is 5.41 Å². The minimum absolute atomic E-state index is 0.124. The lowest BCUT2D eigenvalue weighted by molar-refractivity contribution is -0.129. The maximum atomic E-state index is 11.4. The quantitative estimate of drug-likeness (QED) is 0.605. The van der Waals surface area contributed by atoms with Gasteiger partial charge < -0.3 is 11.1 Å². The molecule has 0 heterocycles. The molecule has 0 saturated heterocycles. The van der Waals surface area contributed by atoms with Gasteiger partial charge in [0.1, 0.15) is 0 Å². The van der Waals surface area contributed by atoms with Crippen molar-refractivity contribution in [1.29, 1.82) is 0 Å². The Bertz CT molecular complexity index is 143. The van der Waals surface area contributed by atoms with Crippen LogP contribution in [-0.2, 0) is 4.79 Å². The number of nitrogens with one attached hydrogen (secondary N) is 1. The van der Waals surface area contributed by atoms with Gasteiger partial charge in [0.25, 0.3) is 0 Å². The molecule has 1 amide bonds. The van der Waals surface area contributed by atoms with Crippen molar-refractivity contribution in [1.82, 2.24) is 5.32 Å². The Morgan fingerprint density at radius 2 is 2.08 bits per heavy atom. The molecule has 0 rings (SSSR count). The molecule has 0 aromatic carbocycles. The van der Waals surface area contributed by atoms with E-state index in [4.69, 9.17) is 5.73 Å². The molecule has 3 nitrogen and oxygen atoms in total. The number of hydrogen-bond acceptors (Lipinski definition) is 2. The van der Waals surface area contributed by atoms with Crippen molar-refractivity contribution in [3.63, 3.8) is 0 Å². The van der Waals surface area contributed by atoms with Crippen LogP contribution in [0.15, 0.2) is 0 Å². The van der Waals surface area contributed by atoms with Crippen molar-refractivity contribution in [2.75, 3.05) is 13.1 Å². The van der Waals surface area contributed by atoms with E-state index in [1.165, 1.54) is 0 Å². The first-order valence-electron chi connectivity index (χ1n) is 4.53. The smallest absolute Gasteiger partial charge is 0.225 e. The molecule has 0 saturated carbocycles. The molecule has 0 unspecified atom stereocenters. The van der Waals surface area contributed by atoms with Gasteiger partial charge in [0.15, 0.2) is 0 Å². The average molecular weight is 172 g/mol. The molecule has 0 fully saturated rings. The van der Waals surface area contributed by atoms with Gasteiger partial charge in [0.05, 0.1) is 0 Å². The van der Waals surface area contributed by atoms with Crippen molar-refractivity contribution < 1.29 is 4.79 Å². The third kappa shape index (κ3) is 3.72. The van der Waals surface area contributed by atoms with E-state index in [0.29, 0.717) is 13.1 Å². The fraction of sp³-hybridized carbons (Fsp3) is 0.889. The van der Waals surface area contributed by atoms with E-state index < -0.39 is 0 Å². The second-order valence-corrected chi connectivity index (χ2v) is 3.64. The predicted octanol–water partition coefficient (Wildman–Crippen LogP) is 0.888. The van der Waals surface area contributed by atoms with Crippen molar-refractivity contribution in [3.05, 3.63) is 0 Å². The first-order valence-corrected chi connectivity index (χ1v) is 4.53. The second-order valence-electron chi connectivity index (χ2n) is 3.64. The molecule has 0 aliphatic carbocycles. The summed E-state index contributed by atoms with van der Waals surface area (Å²) in [6, 6.07) is 0. The van der Waals surface area contributed by atoms with Gasteiger partial charge in [-0.3, -0.25) is 4.79 Å². The highest BCUT2D eigenvalue weighted by atomic mass is 16.2. The standard InChI is InChI=1S/C9H20N2O/c1-4-9(2,3)8(12)11-7-5-6-10/h4-7,10H2,1-3H3,(H,11,12). The number of hydrogen-bond donors (Lipinski definition) is 2. The van der Waals surface area contributed by atoms with Gasteiger partial charge in [-0.25, -0.2) is 0 Å². The lowest BCUT2D eigenvalue weighted by Gasteiger charge is -2.21. The highest BCUT2D eigenvalue weighted by molar-refractivity contribution is 5.81. The van der Waals surface area contributed by atoms with Crippen molar-refractivity contribution >= 4 is 5.91 Å². The topological polar surface area (TPSA) is 55.1 Å². The fourth-order valence-electron chi connectivity index (χ4n) is 0.704. The lowest BCUT2D eigenvalue weighted by Crippen LogP contribution is -2.37. The van der Waals surface area contributed by atoms with Gasteiger partial charge in [0.2, 0.25) is 5.91 Å². The van der Waals surface area contributed by atoms with Gasteiger partial charge in [-0.2, -0.15) is 0 Å². The minimum Gasteiger partial charge on any atom is -0.356 e. The second kappa shape index (κ2) is 5.14. The summed E-state index contributed by atoms with van der Waals surface area (Å²) in [6.45, 7) is 7.24. The molecule has 0 bridgehead atoms. The summed E-state index contributed by atoms with van der Waals surface area (Å²) < 4.78 is 0. The van der Waals surface area contributed by atoms with Gasteiger partial charge in [-0.05, 0) is 19.4 Å². The van der Waals surface area contributed by atoms with Gasteiger partial charge in [-0.15, -0.1) is 0 Å². The van der Waals surface area contributed by atoms with E-state index in [2.05, 4.69) is 5.32 Å². The Kier molecular flexibility index (Phi) is 4.90. The van der Waals surface area contributed by atoms with Crippen LogP contribution in [0.2, 0.25) is 0 Å². The van der Waals surface area contributed by atoms with Gasteiger partial charge >= 0.3 is 0 Å². The maximum absolute atomic E-state index is 11.4. The first-order chi connectivity index (χ1) is 5.54. The zero-order valence-corrected chi connectivity index (χ0v) is 8.31. The molecule has 0 aliphatic rings. The number of carbonyl (C=O) groups is 1. The molecular weight excluding hydrogens is 152 g/mol. The minimum atomic E-state index is -0.241. The molecule has 3 N–H and O–H groups in total. The molecule has 0 spiro atoms. The van der Waals surface area contributed by atoms with Crippen molar-refractivity contribution in [3.8, 4) is 0 Å². The third-order valence-electron chi connectivity index (χ3n) is 2.17. The van der Waals surface area contributed by atoms with Crippen LogP contribution in [0.3, 0.4) is 0 Å². The Labute approximate surface area is 74.7 Å². The molecule has 0 aromatic heterocycles. The van der Waals surface area contributed by atoms with E-state index in [9.17, 15) is 4.79 Å². The number of nitrogens with two attached hydrogens (primary N) is 1. The number of carbonyl (C=O) groups excluding carboxylic acids is 1. The first kappa shape index (κ1) is 11.4. The predicted molar refractivity (Wildman–Crippen MR) is 50.8 cm³/mol. The highest BCUT2D eigenvalue weighted by Gasteiger charge is 2.24. The maximum Gasteiger partial charge on any atom is 0.225 e. The van der Waals surface area contributed by atoms with E-state index in [0.717, 1.165) is 12.8 Å². The molecule has 0 atom stereocenters. The Morgan fingerprint density at radius 1 is 1.50 bits per heavy atom. The van der Waals surface area contributed by atoms with Crippen molar-refractivity contribution in [2.24, 2.45) is 11.1 Å². The zero-order valence-electron chi connectivity index (χ0n) is 8.31. The molecular formula is C9H20N2O. The summed E-state index contributed by atoms with van der Waals surface area (Å²) >= 11 is 0.